The SMILES string of the molecule is COCC(C)OC(=O)CBr. The third-order valence-electron chi connectivity index (χ3n) is 0.843. The van der Waals surface area contributed by atoms with Gasteiger partial charge in [0.05, 0.1) is 6.61 Å². The van der Waals surface area contributed by atoms with Gasteiger partial charge in [0.2, 0.25) is 0 Å². The van der Waals surface area contributed by atoms with Gasteiger partial charge in [-0.15, -0.1) is 0 Å². The van der Waals surface area contributed by atoms with Crippen molar-refractivity contribution in [1.29, 1.82) is 0 Å². The predicted molar refractivity (Wildman–Crippen MR) is 41.2 cm³/mol. The van der Waals surface area contributed by atoms with E-state index in [0.717, 1.165) is 0 Å². The molecular weight excluding hydrogens is 200 g/mol. The molecule has 0 N–H and O–H groups in total. The first kappa shape index (κ1) is 9.91. The number of methoxy groups -OCH3 is 1. The molecule has 0 radical (unpaired) electrons. The van der Waals surface area contributed by atoms with Crippen molar-refractivity contribution in [2.75, 3.05) is 19.0 Å². The van der Waals surface area contributed by atoms with Crippen LogP contribution in [0.4, 0.5) is 0 Å². The van der Waals surface area contributed by atoms with Crippen LogP contribution in [0.5, 0.6) is 0 Å². The van der Waals surface area contributed by atoms with E-state index in [1.54, 1.807) is 14.0 Å². The second kappa shape index (κ2) is 5.68. The topological polar surface area (TPSA) is 35.5 Å². The Bertz CT molecular complexity index is 105. The fourth-order valence-electron chi connectivity index (χ4n) is 0.525. The van der Waals surface area contributed by atoms with Crippen molar-refractivity contribution in [1.82, 2.24) is 0 Å². The van der Waals surface area contributed by atoms with Crippen molar-refractivity contribution in [2.24, 2.45) is 0 Å². The van der Waals surface area contributed by atoms with Crippen molar-refractivity contribution in [2.45, 2.75) is 13.0 Å². The number of halogens is 1. The first-order chi connectivity index (χ1) is 4.70. The van der Waals surface area contributed by atoms with E-state index in [2.05, 4.69) is 15.9 Å². The van der Waals surface area contributed by atoms with E-state index >= 15 is 0 Å². The molecule has 0 spiro atoms. The molecule has 0 aromatic heterocycles. The van der Waals surface area contributed by atoms with E-state index in [9.17, 15) is 4.79 Å². The minimum absolute atomic E-state index is 0.157. The maximum Gasteiger partial charge on any atom is 0.316 e. The van der Waals surface area contributed by atoms with Gasteiger partial charge in [0, 0.05) is 7.11 Å². The first-order valence-electron chi connectivity index (χ1n) is 2.95. The second-order valence-electron chi connectivity index (χ2n) is 1.89. The molecule has 0 saturated heterocycles. The first-order valence-corrected chi connectivity index (χ1v) is 4.07. The highest BCUT2D eigenvalue weighted by molar-refractivity contribution is 9.09. The van der Waals surface area contributed by atoms with Crippen LogP contribution in [0, 0.1) is 0 Å². The average molecular weight is 211 g/mol. The zero-order chi connectivity index (χ0) is 7.98. The largest absolute Gasteiger partial charge is 0.460 e. The summed E-state index contributed by atoms with van der Waals surface area (Å²) in [6.07, 6.45) is -0.157. The molecule has 3 nitrogen and oxygen atoms in total. The normalized spacial score (nSPS) is 12.7. The smallest absolute Gasteiger partial charge is 0.316 e. The summed E-state index contributed by atoms with van der Waals surface area (Å²) in [6.45, 7) is 2.22. The lowest BCUT2D eigenvalue weighted by Crippen LogP contribution is -2.19. The molecule has 0 aromatic rings. The zero-order valence-corrected chi connectivity index (χ0v) is 7.68. The van der Waals surface area contributed by atoms with Crippen LogP contribution in [-0.4, -0.2) is 31.1 Å². The fraction of sp³-hybridized carbons (Fsp3) is 0.833. The van der Waals surface area contributed by atoms with Crippen molar-refractivity contribution >= 4 is 21.9 Å². The van der Waals surface area contributed by atoms with E-state index in [0.29, 0.717) is 6.61 Å². The van der Waals surface area contributed by atoms with Gasteiger partial charge in [-0.3, -0.25) is 4.79 Å². The van der Waals surface area contributed by atoms with Gasteiger partial charge >= 0.3 is 5.97 Å². The zero-order valence-electron chi connectivity index (χ0n) is 6.09. The molecule has 1 unspecified atom stereocenters. The summed E-state index contributed by atoms with van der Waals surface area (Å²) in [5.41, 5.74) is 0. The second-order valence-corrected chi connectivity index (χ2v) is 2.45. The van der Waals surface area contributed by atoms with Crippen LogP contribution >= 0.6 is 15.9 Å². The van der Waals surface area contributed by atoms with Gasteiger partial charge in [0.15, 0.2) is 0 Å². The van der Waals surface area contributed by atoms with E-state index < -0.39 is 0 Å². The third kappa shape index (κ3) is 4.76. The maximum atomic E-state index is 10.6. The Hall–Kier alpha value is -0.0900. The number of carbonyl (C=O) groups excluding carboxylic acids is 1. The Labute approximate surface area is 68.8 Å². The van der Waals surface area contributed by atoms with Gasteiger partial charge in [0.25, 0.3) is 0 Å². The Morgan fingerprint density at radius 3 is 2.70 bits per heavy atom. The Morgan fingerprint density at radius 2 is 2.30 bits per heavy atom. The molecule has 0 aliphatic rings. The summed E-state index contributed by atoms with van der Waals surface area (Å²) in [5.74, 6) is -0.260. The van der Waals surface area contributed by atoms with Gasteiger partial charge in [-0.25, -0.2) is 0 Å². The lowest BCUT2D eigenvalue weighted by atomic mass is 10.4. The molecule has 10 heavy (non-hydrogen) atoms. The van der Waals surface area contributed by atoms with Crippen molar-refractivity contribution in [3.63, 3.8) is 0 Å². The maximum absolute atomic E-state index is 10.6. The van der Waals surface area contributed by atoms with Crippen LogP contribution in [-0.2, 0) is 14.3 Å². The fourth-order valence-corrected chi connectivity index (χ4v) is 0.657. The van der Waals surface area contributed by atoms with Gasteiger partial charge < -0.3 is 9.47 Å². The van der Waals surface area contributed by atoms with E-state index in [4.69, 9.17) is 9.47 Å². The summed E-state index contributed by atoms with van der Waals surface area (Å²) in [5, 5.41) is 0.237. The van der Waals surface area contributed by atoms with Crippen LogP contribution in [0.15, 0.2) is 0 Å². The number of hydrogen-bond donors (Lipinski definition) is 0. The summed E-state index contributed by atoms with van der Waals surface area (Å²) in [7, 11) is 1.57. The summed E-state index contributed by atoms with van der Waals surface area (Å²) < 4.78 is 9.59. The number of rotatable bonds is 4. The van der Waals surface area contributed by atoms with Gasteiger partial charge in [-0.05, 0) is 6.92 Å². The minimum Gasteiger partial charge on any atom is -0.460 e. The Morgan fingerprint density at radius 1 is 1.70 bits per heavy atom. The molecule has 0 saturated carbocycles. The highest BCUT2D eigenvalue weighted by Crippen LogP contribution is 1.93. The van der Waals surface area contributed by atoms with E-state index in [1.807, 2.05) is 0 Å². The average Bonchev–Trinajstić information content (AvgIpc) is 1.88. The molecule has 0 aliphatic carbocycles. The van der Waals surface area contributed by atoms with Crippen molar-refractivity contribution in [3.05, 3.63) is 0 Å². The quantitative estimate of drug-likeness (QED) is 0.513. The Kier molecular flexibility index (Phi) is 5.63. The Balaban J connectivity index is 3.37. The monoisotopic (exact) mass is 210 g/mol. The molecule has 0 bridgehead atoms. The molecule has 0 amide bonds. The molecule has 0 aliphatic heterocycles. The summed E-state index contributed by atoms with van der Waals surface area (Å²) in [6, 6.07) is 0. The number of alkyl halides is 1. The molecule has 0 aromatic carbocycles. The van der Waals surface area contributed by atoms with Crippen LogP contribution in [0.1, 0.15) is 6.92 Å². The number of ether oxygens (including phenoxy) is 2. The van der Waals surface area contributed by atoms with Crippen molar-refractivity contribution < 1.29 is 14.3 Å². The summed E-state index contributed by atoms with van der Waals surface area (Å²) in [4.78, 5) is 10.6. The highest BCUT2D eigenvalue weighted by atomic mass is 79.9. The number of carbonyl (C=O) groups is 1. The van der Waals surface area contributed by atoms with Crippen LogP contribution < -0.4 is 0 Å². The van der Waals surface area contributed by atoms with Crippen LogP contribution in [0.3, 0.4) is 0 Å². The van der Waals surface area contributed by atoms with Gasteiger partial charge in [0.1, 0.15) is 11.4 Å². The summed E-state index contributed by atoms with van der Waals surface area (Å²) >= 11 is 2.98. The molecule has 0 rings (SSSR count). The van der Waals surface area contributed by atoms with Gasteiger partial charge in [-0.1, -0.05) is 15.9 Å². The molecule has 0 fully saturated rings. The number of esters is 1. The third-order valence-corrected chi connectivity index (χ3v) is 1.30. The van der Waals surface area contributed by atoms with Crippen LogP contribution in [0.2, 0.25) is 0 Å². The number of hydrogen-bond acceptors (Lipinski definition) is 3. The van der Waals surface area contributed by atoms with Crippen LogP contribution in [0.25, 0.3) is 0 Å². The van der Waals surface area contributed by atoms with Crippen molar-refractivity contribution in [3.8, 4) is 0 Å². The minimum atomic E-state index is -0.260. The molecular formula is C6H11BrO3. The van der Waals surface area contributed by atoms with E-state index in [-0.39, 0.29) is 17.4 Å². The standard InChI is InChI=1S/C6H11BrO3/c1-5(4-9-2)10-6(8)3-7/h5H,3-4H2,1-2H3. The molecule has 4 heteroatoms. The molecule has 60 valence electrons. The highest BCUT2D eigenvalue weighted by Gasteiger charge is 2.06. The molecule has 0 heterocycles. The van der Waals surface area contributed by atoms with E-state index in [1.165, 1.54) is 0 Å². The lowest BCUT2D eigenvalue weighted by Gasteiger charge is -2.09. The predicted octanol–water partition coefficient (Wildman–Crippen LogP) is 0.959. The molecule has 1 atom stereocenters. The van der Waals surface area contributed by atoms with Gasteiger partial charge in [-0.2, -0.15) is 0 Å². The lowest BCUT2D eigenvalue weighted by molar-refractivity contribution is -0.147.